The van der Waals surface area contributed by atoms with Crippen molar-refractivity contribution in [3.05, 3.63) is 29.8 Å². The second-order valence-electron chi connectivity index (χ2n) is 4.22. The van der Waals surface area contributed by atoms with Crippen molar-refractivity contribution in [1.29, 1.82) is 0 Å². The largest absolute Gasteiger partial charge is 0.481 e. The van der Waals surface area contributed by atoms with E-state index in [2.05, 4.69) is 18.7 Å². The fourth-order valence-electron chi connectivity index (χ4n) is 1.76. The van der Waals surface area contributed by atoms with Gasteiger partial charge in [-0.2, -0.15) is 0 Å². The van der Waals surface area contributed by atoms with E-state index in [0.29, 0.717) is 12.6 Å². The Morgan fingerprint density at radius 2 is 2.00 bits per heavy atom. The molecule has 0 unspecified atom stereocenters. The summed E-state index contributed by atoms with van der Waals surface area (Å²) in [5.41, 5.74) is 2.31. The number of hydrogen-bond acceptors (Lipinski definition) is 2. The minimum Gasteiger partial charge on any atom is -0.481 e. The third-order valence-corrected chi connectivity index (χ3v) is 2.61. The highest BCUT2D eigenvalue weighted by Crippen LogP contribution is 2.21. The summed E-state index contributed by atoms with van der Waals surface area (Å²) >= 11 is 0. The Balaban J connectivity index is 2.85. The van der Waals surface area contributed by atoms with Crippen LogP contribution in [0.25, 0.3) is 0 Å². The summed E-state index contributed by atoms with van der Waals surface area (Å²) < 4.78 is 0. The van der Waals surface area contributed by atoms with Gasteiger partial charge in [0.05, 0.1) is 6.42 Å². The summed E-state index contributed by atoms with van der Waals surface area (Å²) in [7, 11) is 0. The van der Waals surface area contributed by atoms with Crippen molar-refractivity contribution in [1.82, 2.24) is 0 Å². The maximum Gasteiger partial charge on any atom is 0.305 e. The molecule has 0 heterocycles. The number of carbonyl (C=O) groups is 1. The van der Waals surface area contributed by atoms with E-state index in [1.54, 1.807) is 0 Å². The molecule has 3 heteroatoms. The van der Waals surface area contributed by atoms with Gasteiger partial charge in [-0.1, -0.05) is 18.2 Å². The first kappa shape index (κ1) is 12.6. The van der Waals surface area contributed by atoms with Crippen LogP contribution in [-0.2, 0) is 4.79 Å². The Bertz CT molecular complexity index is 361. The summed E-state index contributed by atoms with van der Waals surface area (Å²) in [4.78, 5) is 12.7. The van der Waals surface area contributed by atoms with Crippen LogP contribution in [0.4, 0.5) is 5.69 Å². The summed E-state index contributed by atoms with van der Waals surface area (Å²) in [5, 5.41) is 8.73. The van der Waals surface area contributed by atoms with Gasteiger partial charge in [0.25, 0.3) is 0 Å². The average molecular weight is 221 g/mol. The molecule has 16 heavy (non-hydrogen) atoms. The van der Waals surface area contributed by atoms with Gasteiger partial charge in [0.15, 0.2) is 0 Å². The SMILES string of the molecule is Cc1ccccc1N(CCC(=O)O)C(C)C. The van der Waals surface area contributed by atoms with E-state index >= 15 is 0 Å². The van der Waals surface area contributed by atoms with E-state index < -0.39 is 5.97 Å². The first-order valence-corrected chi connectivity index (χ1v) is 5.56. The summed E-state index contributed by atoms with van der Waals surface area (Å²) in [5.74, 6) is -0.751. The number of aliphatic carboxylic acids is 1. The second kappa shape index (κ2) is 5.54. The van der Waals surface area contributed by atoms with Crippen molar-refractivity contribution >= 4 is 11.7 Å². The molecule has 0 aliphatic rings. The van der Waals surface area contributed by atoms with Crippen LogP contribution in [0.1, 0.15) is 25.8 Å². The lowest BCUT2D eigenvalue weighted by atomic mass is 10.1. The third-order valence-electron chi connectivity index (χ3n) is 2.61. The summed E-state index contributed by atoms with van der Waals surface area (Å²) in [6.07, 6.45) is 0.173. The van der Waals surface area contributed by atoms with Crippen LogP contribution in [0, 0.1) is 6.92 Å². The van der Waals surface area contributed by atoms with Crippen LogP contribution in [0.15, 0.2) is 24.3 Å². The number of hydrogen-bond donors (Lipinski definition) is 1. The zero-order chi connectivity index (χ0) is 12.1. The van der Waals surface area contributed by atoms with Crippen molar-refractivity contribution in [2.75, 3.05) is 11.4 Å². The molecule has 0 spiro atoms. The monoisotopic (exact) mass is 221 g/mol. The fraction of sp³-hybridized carbons (Fsp3) is 0.462. The maximum atomic E-state index is 10.6. The van der Waals surface area contributed by atoms with Crippen LogP contribution < -0.4 is 4.90 Å². The topological polar surface area (TPSA) is 40.5 Å². The highest BCUT2D eigenvalue weighted by atomic mass is 16.4. The fourth-order valence-corrected chi connectivity index (χ4v) is 1.76. The predicted octanol–water partition coefficient (Wildman–Crippen LogP) is 2.68. The Hall–Kier alpha value is -1.51. The second-order valence-corrected chi connectivity index (χ2v) is 4.22. The van der Waals surface area contributed by atoms with Crippen LogP contribution in [0.3, 0.4) is 0 Å². The number of rotatable bonds is 5. The molecule has 0 saturated carbocycles. The molecule has 0 bridgehead atoms. The van der Waals surface area contributed by atoms with Crippen LogP contribution in [0.5, 0.6) is 0 Å². The lowest BCUT2D eigenvalue weighted by Gasteiger charge is -2.29. The molecule has 1 rings (SSSR count). The highest BCUT2D eigenvalue weighted by molar-refractivity contribution is 5.68. The summed E-state index contributed by atoms with van der Waals surface area (Å²) in [6, 6.07) is 8.37. The van der Waals surface area contributed by atoms with Gasteiger partial charge in [0.1, 0.15) is 0 Å². The van der Waals surface area contributed by atoms with Crippen molar-refractivity contribution < 1.29 is 9.90 Å². The molecular formula is C13H19NO2. The Morgan fingerprint density at radius 1 is 1.38 bits per heavy atom. The number of carboxylic acids is 1. The van der Waals surface area contributed by atoms with E-state index in [4.69, 9.17) is 5.11 Å². The molecule has 1 aromatic carbocycles. The molecule has 0 fully saturated rings. The number of benzene rings is 1. The van der Waals surface area contributed by atoms with Gasteiger partial charge >= 0.3 is 5.97 Å². The molecule has 0 aliphatic heterocycles. The number of carboxylic acid groups (broad SMARTS) is 1. The van der Waals surface area contributed by atoms with E-state index in [1.807, 2.05) is 31.2 Å². The van der Waals surface area contributed by atoms with E-state index in [-0.39, 0.29) is 6.42 Å². The van der Waals surface area contributed by atoms with E-state index in [9.17, 15) is 4.79 Å². The zero-order valence-corrected chi connectivity index (χ0v) is 10.1. The molecule has 0 radical (unpaired) electrons. The molecule has 0 atom stereocenters. The van der Waals surface area contributed by atoms with Crippen LogP contribution in [0.2, 0.25) is 0 Å². The Morgan fingerprint density at radius 3 is 2.50 bits per heavy atom. The normalized spacial score (nSPS) is 10.5. The van der Waals surface area contributed by atoms with Crippen molar-refractivity contribution in [2.45, 2.75) is 33.2 Å². The molecule has 0 aliphatic carbocycles. The van der Waals surface area contributed by atoms with Gasteiger partial charge in [-0.25, -0.2) is 0 Å². The standard InChI is InChI=1S/C13H19NO2/c1-10(2)14(9-8-13(15)16)12-7-5-4-6-11(12)3/h4-7,10H,8-9H2,1-3H3,(H,15,16). The van der Waals surface area contributed by atoms with Crippen molar-refractivity contribution in [2.24, 2.45) is 0 Å². The highest BCUT2D eigenvalue weighted by Gasteiger charge is 2.13. The molecule has 0 amide bonds. The molecule has 0 aromatic heterocycles. The van der Waals surface area contributed by atoms with Crippen molar-refractivity contribution in [3.63, 3.8) is 0 Å². The number of aryl methyl sites for hydroxylation is 1. The minimum absolute atomic E-state index is 0.173. The Labute approximate surface area is 96.7 Å². The lowest BCUT2D eigenvalue weighted by molar-refractivity contribution is -0.136. The minimum atomic E-state index is -0.751. The molecule has 1 N–H and O–H groups in total. The average Bonchev–Trinajstić information content (AvgIpc) is 2.20. The number of nitrogens with zero attached hydrogens (tertiary/aromatic N) is 1. The number of anilines is 1. The predicted molar refractivity (Wildman–Crippen MR) is 65.9 cm³/mol. The smallest absolute Gasteiger partial charge is 0.305 e. The molecule has 0 saturated heterocycles. The lowest BCUT2D eigenvalue weighted by Crippen LogP contribution is -2.33. The van der Waals surface area contributed by atoms with Gasteiger partial charge in [-0.15, -0.1) is 0 Å². The van der Waals surface area contributed by atoms with E-state index in [0.717, 1.165) is 5.69 Å². The first-order valence-electron chi connectivity index (χ1n) is 5.56. The molecule has 3 nitrogen and oxygen atoms in total. The third kappa shape index (κ3) is 3.26. The zero-order valence-electron chi connectivity index (χ0n) is 10.1. The van der Waals surface area contributed by atoms with Gasteiger partial charge in [-0.05, 0) is 32.4 Å². The van der Waals surface area contributed by atoms with Gasteiger partial charge in [0, 0.05) is 18.3 Å². The van der Waals surface area contributed by atoms with Crippen molar-refractivity contribution in [3.8, 4) is 0 Å². The quantitative estimate of drug-likeness (QED) is 0.831. The van der Waals surface area contributed by atoms with Gasteiger partial charge in [0.2, 0.25) is 0 Å². The maximum absolute atomic E-state index is 10.6. The summed E-state index contributed by atoms with van der Waals surface area (Å²) in [6.45, 7) is 6.76. The molecule has 88 valence electrons. The van der Waals surface area contributed by atoms with E-state index in [1.165, 1.54) is 5.56 Å². The first-order chi connectivity index (χ1) is 7.52. The van der Waals surface area contributed by atoms with Crippen LogP contribution >= 0.6 is 0 Å². The van der Waals surface area contributed by atoms with Gasteiger partial charge in [-0.3, -0.25) is 4.79 Å². The van der Waals surface area contributed by atoms with Gasteiger partial charge < -0.3 is 10.0 Å². The number of para-hydroxylation sites is 1. The molecule has 1 aromatic rings. The molecular weight excluding hydrogens is 202 g/mol. The van der Waals surface area contributed by atoms with Crippen LogP contribution in [-0.4, -0.2) is 23.7 Å². The Kier molecular flexibility index (Phi) is 4.35.